The standard InChI is InChI=1S/C15H11Cl6N3O2.C12H5Cl6N3O2/c1-25-9-5-3-8(7-10(9)26-2)4-6-11-22-12(14(16,17)18)24-13(23-11)15(19,20)21;13-11(14,15)9-19-8(20-10(21-9)12(16,17)18)5-1-2-6-7(3-5)23-4-22-6/h3-7H,1-2H3;1-3H,4H2. The molecular formula is C27H16Cl12N6O4. The van der Waals surface area contributed by atoms with Crippen LogP contribution in [0.1, 0.15) is 34.7 Å². The first-order valence-corrected chi connectivity index (χ1v) is 17.3. The van der Waals surface area contributed by atoms with Crippen LogP contribution in [0.2, 0.25) is 0 Å². The van der Waals surface area contributed by atoms with Crippen molar-refractivity contribution in [2.75, 3.05) is 21.0 Å². The molecule has 0 fully saturated rings. The Bertz CT molecular complexity index is 1780. The fraction of sp³-hybridized carbons (Fsp3) is 0.259. The minimum absolute atomic E-state index is 0.134. The van der Waals surface area contributed by atoms with Crippen LogP contribution < -0.4 is 18.9 Å². The molecule has 0 radical (unpaired) electrons. The van der Waals surface area contributed by atoms with Crippen molar-refractivity contribution < 1.29 is 18.9 Å². The van der Waals surface area contributed by atoms with Gasteiger partial charge in [0.15, 0.2) is 57.9 Å². The van der Waals surface area contributed by atoms with Crippen LogP contribution in [-0.2, 0) is 15.2 Å². The van der Waals surface area contributed by atoms with Gasteiger partial charge < -0.3 is 18.9 Å². The third-order valence-corrected chi connectivity index (χ3v) is 7.79. The third-order valence-electron chi connectivity index (χ3n) is 5.77. The van der Waals surface area contributed by atoms with Crippen molar-refractivity contribution in [3.05, 3.63) is 71.1 Å². The molecule has 262 valence electrons. The summed E-state index contributed by atoms with van der Waals surface area (Å²) in [6.45, 7) is 0.134. The van der Waals surface area contributed by atoms with Gasteiger partial charge in [-0.1, -0.05) is 151 Å². The highest BCUT2D eigenvalue weighted by Gasteiger charge is 2.35. The molecule has 0 bridgehead atoms. The molecule has 0 saturated heterocycles. The molecule has 0 atom stereocenters. The van der Waals surface area contributed by atoms with Gasteiger partial charge in [-0.3, -0.25) is 0 Å². The molecule has 2 aromatic heterocycles. The normalized spacial score (nSPS) is 13.3. The van der Waals surface area contributed by atoms with Crippen LogP contribution in [0.4, 0.5) is 0 Å². The number of benzene rings is 2. The summed E-state index contributed by atoms with van der Waals surface area (Å²) in [6.07, 6.45) is 3.27. The summed E-state index contributed by atoms with van der Waals surface area (Å²) in [5.74, 6) is 1.98. The zero-order valence-electron chi connectivity index (χ0n) is 24.2. The Kier molecular flexibility index (Phi) is 13.5. The lowest BCUT2D eigenvalue weighted by Gasteiger charge is -2.15. The van der Waals surface area contributed by atoms with Crippen LogP contribution in [0.5, 0.6) is 23.0 Å². The van der Waals surface area contributed by atoms with Crippen molar-refractivity contribution in [3.63, 3.8) is 0 Å². The summed E-state index contributed by atoms with van der Waals surface area (Å²) in [4.78, 5) is 24.2. The number of hydrogen-bond acceptors (Lipinski definition) is 10. The number of rotatable bonds is 5. The van der Waals surface area contributed by atoms with E-state index in [4.69, 9.17) is 158 Å². The Morgan fingerprint density at radius 1 is 0.551 bits per heavy atom. The van der Waals surface area contributed by atoms with E-state index in [1.807, 2.05) is 6.07 Å². The lowest BCUT2D eigenvalue weighted by atomic mass is 10.2. The van der Waals surface area contributed by atoms with Gasteiger partial charge in [-0.25, -0.2) is 29.9 Å². The van der Waals surface area contributed by atoms with E-state index in [1.54, 1.807) is 49.6 Å². The van der Waals surface area contributed by atoms with Crippen molar-refractivity contribution in [1.82, 2.24) is 29.9 Å². The van der Waals surface area contributed by atoms with E-state index in [9.17, 15) is 0 Å². The smallest absolute Gasteiger partial charge is 0.250 e. The molecule has 0 unspecified atom stereocenters. The molecule has 2 aromatic carbocycles. The molecule has 0 N–H and O–H groups in total. The molecule has 5 rings (SSSR count). The highest BCUT2D eigenvalue weighted by atomic mass is 35.6. The minimum atomic E-state index is -1.90. The van der Waals surface area contributed by atoms with Crippen LogP contribution >= 0.6 is 139 Å². The Labute approximate surface area is 339 Å². The molecule has 4 aromatic rings. The number of methoxy groups -OCH3 is 2. The summed E-state index contributed by atoms with van der Waals surface area (Å²) < 4.78 is 13.4. The maximum absolute atomic E-state index is 5.84. The number of fused-ring (bicyclic) bond motifs is 1. The Hall–Kier alpha value is -1.12. The number of hydrogen-bond donors (Lipinski definition) is 0. The van der Waals surface area contributed by atoms with Crippen molar-refractivity contribution in [3.8, 4) is 34.4 Å². The van der Waals surface area contributed by atoms with Gasteiger partial charge in [-0.05, 0) is 42.0 Å². The molecule has 0 spiro atoms. The quantitative estimate of drug-likeness (QED) is 0.179. The van der Waals surface area contributed by atoms with Crippen LogP contribution in [0, 0.1) is 0 Å². The second-order valence-electron chi connectivity index (χ2n) is 9.15. The zero-order valence-corrected chi connectivity index (χ0v) is 33.2. The summed E-state index contributed by atoms with van der Waals surface area (Å²) in [6, 6.07) is 10.4. The first kappa shape index (κ1) is 40.6. The summed E-state index contributed by atoms with van der Waals surface area (Å²) in [5.41, 5.74) is 1.34. The van der Waals surface area contributed by atoms with E-state index < -0.39 is 15.2 Å². The van der Waals surface area contributed by atoms with Crippen LogP contribution in [0.15, 0.2) is 36.4 Å². The molecule has 1 aliphatic heterocycles. The first-order valence-electron chi connectivity index (χ1n) is 12.8. The lowest BCUT2D eigenvalue weighted by molar-refractivity contribution is 0.174. The van der Waals surface area contributed by atoms with Crippen molar-refractivity contribution in [1.29, 1.82) is 0 Å². The van der Waals surface area contributed by atoms with Gasteiger partial charge in [0.05, 0.1) is 14.2 Å². The number of ether oxygens (including phenoxy) is 4. The second-order valence-corrected chi connectivity index (χ2v) is 18.3. The van der Waals surface area contributed by atoms with Crippen molar-refractivity contribution in [2.45, 2.75) is 15.2 Å². The maximum Gasteiger partial charge on any atom is 0.250 e. The van der Waals surface area contributed by atoms with Crippen LogP contribution in [-0.4, -0.2) is 50.9 Å². The number of halogens is 12. The van der Waals surface area contributed by atoms with Crippen LogP contribution in [0.25, 0.3) is 23.5 Å². The van der Waals surface area contributed by atoms with Gasteiger partial charge in [0, 0.05) is 5.56 Å². The summed E-state index contributed by atoms with van der Waals surface area (Å²) in [7, 11) is 3.09. The highest BCUT2D eigenvalue weighted by Crippen LogP contribution is 2.43. The van der Waals surface area contributed by atoms with E-state index >= 15 is 0 Å². The first-order chi connectivity index (χ1) is 22.7. The van der Waals surface area contributed by atoms with E-state index in [0.717, 1.165) is 5.56 Å². The number of alkyl halides is 12. The number of aromatic nitrogens is 6. The molecule has 1 aliphatic rings. The monoisotopic (exact) mass is 908 g/mol. The second kappa shape index (κ2) is 16.3. The molecule has 0 amide bonds. The molecule has 49 heavy (non-hydrogen) atoms. The zero-order chi connectivity index (χ0) is 36.4. The SMILES string of the molecule is COc1ccc(C=Cc2nc(C(Cl)(Cl)Cl)nc(C(Cl)(Cl)Cl)n2)cc1OC.ClC(Cl)(Cl)c1nc(-c2ccc3c(c2)OCO3)nc(C(Cl)(Cl)Cl)n1. The van der Waals surface area contributed by atoms with Gasteiger partial charge >= 0.3 is 0 Å². The largest absolute Gasteiger partial charge is 0.493 e. The highest BCUT2D eigenvalue weighted by molar-refractivity contribution is 6.68. The molecule has 22 heteroatoms. The summed E-state index contributed by atoms with van der Waals surface area (Å²) >= 11 is 70.1. The average Bonchev–Trinajstić information content (AvgIpc) is 3.50. The molecule has 0 aliphatic carbocycles. The number of nitrogens with zero attached hydrogens (tertiary/aromatic N) is 6. The molecule has 10 nitrogen and oxygen atoms in total. The minimum Gasteiger partial charge on any atom is -0.493 e. The van der Waals surface area contributed by atoms with Crippen molar-refractivity contribution in [2.24, 2.45) is 0 Å². The van der Waals surface area contributed by atoms with E-state index in [-0.39, 0.29) is 41.7 Å². The fourth-order valence-electron chi connectivity index (χ4n) is 3.64. The van der Waals surface area contributed by atoms with Gasteiger partial charge in [-0.15, -0.1) is 0 Å². The maximum atomic E-state index is 5.84. The Balaban J connectivity index is 0.000000222. The predicted octanol–water partition coefficient (Wildman–Crippen LogP) is 10.6. The Morgan fingerprint density at radius 2 is 1.04 bits per heavy atom. The predicted molar refractivity (Wildman–Crippen MR) is 197 cm³/mol. The average molecular weight is 914 g/mol. The van der Waals surface area contributed by atoms with E-state index in [1.165, 1.54) is 7.11 Å². The van der Waals surface area contributed by atoms with Gasteiger partial charge in [0.25, 0.3) is 0 Å². The molecule has 0 saturated carbocycles. The van der Waals surface area contributed by atoms with E-state index in [0.29, 0.717) is 28.6 Å². The van der Waals surface area contributed by atoms with Gasteiger partial charge in [0.1, 0.15) is 0 Å². The third kappa shape index (κ3) is 11.2. The van der Waals surface area contributed by atoms with Gasteiger partial charge in [0.2, 0.25) is 22.0 Å². The van der Waals surface area contributed by atoms with Gasteiger partial charge in [-0.2, -0.15) is 0 Å². The van der Waals surface area contributed by atoms with Crippen LogP contribution in [0.3, 0.4) is 0 Å². The van der Waals surface area contributed by atoms with Crippen molar-refractivity contribution >= 4 is 151 Å². The van der Waals surface area contributed by atoms with E-state index in [2.05, 4.69) is 29.9 Å². The Morgan fingerprint density at radius 3 is 1.53 bits per heavy atom. The molecular weight excluding hydrogens is 898 g/mol. The summed E-state index contributed by atoms with van der Waals surface area (Å²) in [5, 5.41) is 0. The molecule has 3 heterocycles. The topological polar surface area (TPSA) is 114 Å². The fourth-order valence-corrected chi connectivity index (χ4v) is 4.66. The lowest BCUT2D eigenvalue weighted by Crippen LogP contribution is -2.16.